The largest absolute Gasteiger partial charge is 0.350 e. The topological polar surface area (TPSA) is 32.3 Å². The number of unbranched alkanes of at least 4 members (excludes halogenated alkanes) is 8. The Labute approximate surface area is 151 Å². The fraction of sp³-hybridized carbons (Fsp3) is 0.952. The molecule has 1 heterocycles. The SMILES string of the molecule is CCCCCCCCCCCC(C)(C)NC(=O)CN1CCCCC1. The second-order valence-electron chi connectivity index (χ2n) is 8.35. The fourth-order valence-corrected chi connectivity index (χ4v) is 3.68. The summed E-state index contributed by atoms with van der Waals surface area (Å²) in [5.41, 5.74) is -0.0615. The van der Waals surface area contributed by atoms with E-state index in [0.717, 1.165) is 19.5 Å². The third-order valence-corrected chi connectivity index (χ3v) is 5.20. The minimum Gasteiger partial charge on any atom is -0.350 e. The van der Waals surface area contributed by atoms with Gasteiger partial charge in [-0.25, -0.2) is 0 Å². The van der Waals surface area contributed by atoms with Crippen molar-refractivity contribution in [3.05, 3.63) is 0 Å². The third kappa shape index (κ3) is 11.1. The quantitative estimate of drug-likeness (QED) is 0.463. The second kappa shape index (κ2) is 12.7. The first-order valence-corrected chi connectivity index (χ1v) is 10.6. The van der Waals surface area contributed by atoms with E-state index in [1.807, 2.05) is 0 Å². The number of carbonyl (C=O) groups is 1. The van der Waals surface area contributed by atoms with Gasteiger partial charge in [-0.15, -0.1) is 0 Å². The molecule has 0 aliphatic carbocycles. The molecule has 1 amide bonds. The van der Waals surface area contributed by atoms with Crippen LogP contribution in [0.3, 0.4) is 0 Å². The molecule has 1 aliphatic rings. The number of piperidine rings is 1. The van der Waals surface area contributed by atoms with Gasteiger partial charge in [-0.1, -0.05) is 71.1 Å². The molecule has 1 fully saturated rings. The van der Waals surface area contributed by atoms with Crippen LogP contribution >= 0.6 is 0 Å². The van der Waals surface area contributed by atoms with Gasteiger partial charge in [0.2, 0.25) is 5.91 Å². The molecule has 24 heavy (non-hydrogen) atoms. The van der Waals surface area contributed by atoms with Gasteiger partial charge < -0.3 is 5.32 Å². The van der Waals surface area contributed by atoms with Crippen molar-refractivity contribution in [3.63, 3.8) is 0 Å². The van der Waals surface area contributed by atoms with Crippen LogP contribution in [0.1, 0.15) is 104 Å². The van der Waals surface area contributed by atoms with Gasteiger partial charge in [0.15, 0.2) is 0 Å². The summed E-state index contributed by atoms with van der Waals surface area (Å²) in [4.78, 5) is 14.5. The number of hydrogen-bond acceptors (Lipinski definition) is 2. The number of amides is 1. The summed E-state index contributed by atoms with van der Waals surface area (Å²) in [6, 6.07) is 0. The Hall–Kier alpha value is -0.570. The number of likely N-dealkylation sites (tertiary alicyclic amines) is 1. The van der Waals surface area contributed by atoms with Crippen LogP contribution in [0.5, 0.6) is 0 Å². The summed E-state index contributed by atoms with van der Waals surface area (Å²) in [5, 5.41) is 3.25. The predicted octanol–water partition coefficient (Wildman–Crippen LogP) is 5.29. The van der Waals surface area contributed by atoms with Crippen LogP contribution in [0.4, 0.5) is 0 Å². The lowest BCUT2D eigenvalue weighted by molar-refractivity contribution is -0.124. The maximum absolute atomic E-state index is 12.2. The highest BCUT2D eigenvalue weighted by Gasteiger charge is 2.21. The molecule has 1 rings (SSSR count). The van der Waals surface area contributed by atoms with Crippen molar-refractivity contribution < 1.29 is 4.79 Å². The molecule has 142 valence electrons. The van der Waals surface area contributed by atoms with Crippen LogP contribution < -0.4 is 5.32 Å². The molecule has 0 saturated carbocycles. The standard InChI is InChI=1S/C21H42N2O/c1-4-5-6-7-8-9-10-11-13-16-21(2,3)22-20(24)19-23-17-14-12-15-18-23/h4-19H2,1-3H3,(H,22,24). The van der Waals surface area contributed by atoms with E-state index in [1.165, 1.54) is 77.0 Å². The maximum atomic E-state index is 12.2. The third-order valence-electron chi connectivity index (χ3n) is 5.20. The molecular formula is C21H42N2O. The average molecular weight is 339 g/mol. The molecular weight excluding hydrogens is 296 g/mol. The molecule has 0 radical (unpaired) electrons. The average Bonchev–Trinajstić information content (AvgIpc) is 2.53. The lowest BCUT2D eigenvalue weighted by atomic mass is 9.95. The van der Waals surface area contributed by atoms with Crippen molar-refractivity contribution in [2.75, 3.05) is 19.6 Å². The van der Waals surface area contributed by atoms with Gasteiger partial charge in [-0.05, 0) is 46.2 Å². The van der Waals surface area contributed by atoms with Gasteiger partial charge in [0.1, 0.15) is 0 Å². The summed E-state index contributed by atoms with van der Waals surface area (Å²) in [6.07, 6.45) is 17.1. The van der Waals surface area contributed by atoms with E-state index in [9.17, 15) is 4.79 Å². The van der Waals surface area contributed by atoms with E-state index >= 15 is 0 Å². The highest BCUT2D eigenvalue weighted by Crippen LogP contribution is 2.16. The van der Waals surface area contributed by atoms with Crippen molar-refractivity contribution in [3.8, 4) is 0 Å². The number of nitrogens with zero attached hydrogens (tertiary/aromatic N) is 1. The minimum atomic E-state index is -0.0615. The first-order chi connectivity index (χ1) is 11.5. The molecule has 3 heteroatoms. The van der Waals surface area contributed by atoms with E-state index in [1.54, 1.807) is 0 Å². The van der Waals surface area contributed by atoms with E-state index < -0.39 is 0 Å². The van der Waals surface area contributed by atoms with Crippen molar-refractivity contribution in [2.24, 2.45) is 0 Å². The molecule has 0 unspecified atom stereocenters. The highest BCUT2D eigenvalue weighted by atomic mass is 16.2. The van der Waals surface area contributed by atoms with Gasteiger partial charge >= 0.3 is 0 Å². The Kier molecular flexibility index (Phi) is 11.4. The smallest absolute Gasteiger partial charge is 0.234 e. The van der Waals surface area contributed by atoms with Crippen LogP contribution in [0.25, 0.3) is 0 Å². The molecule has 0 atom stereocenters. The first-order valence-electron chi connectivity index (χ1n) is 10.6. The highest BCUT2D eigenvalue weighted by molar-refractivity contribution is 5.78. The van der Waals surface area contributed by atoms with Crippen molar-refractivity contribution in [1.29, 1.82) is 0 Å². The normalized spacial score (nSPS) is 16.3. The van der Waals surface area contributed by atoms with Crippen LogP contribution in [-0.2, 0) is 4.79 Å². The Morgan fingerprint density at radius 2 is 1.42 bits per heavy atom. The van der Waals surface area contributed by atoms with Gasteiger partial charge in [0.25, 0.3) is 0 Å². The van der Waals surface area contributed by atoms with Crippen LogP contribution in [0.2, 0.25) is 0 Å². The fourth-order valence-electron chi connectivity index (χ4n) is 3.68. The zero-order valence-electron chi connectivity index (χ0n) is 16.7. The summed E-state index contributed by atoms with van der Waals surface area (Å²) < 4.78 is 0. The van der Waals surface area contributed by atoms with E-state index in [2.05, 4.69) is 31.0 Å². The van der Waals surface area contributed by atoms with E-state index in [4.69, 9.17) is 0 Å². The molecule has 0 aromatic carbocycles. The second-order valence-corrected chi connectivity index (χ2v) is 8.35. The summed E-state index contributed by atoms with van der Waals surface area (Å²) in [7, 11) is 0. The Morgan fingerprint density at radius 1 is 0.875 bits per heavy atom. The van der Waals surface area contributed by atoms with E-state index in [0.29, 0.717) is 6.54 Å². The van der Waals surface area contributed by atoms with Crippen molar-refractivity contribution in [1.82, 2.24) is 10.2 Å². The number of nitrogens with one attached hydrogen (secondary N) is 1. The zero-order valence-corrected chi connectivity index (χ0v) is 16.7. The van der Waals surface area contributed by atoms with Crippen LogP contribution in [-0.4, -0.2) is 36.0 Å². The molecule has 0 bridgehead atoms. The number of rotatable bonds is 13. The molecule has 0 aromatic heterocycles. The van der Waals surface area contributed by atoms with Crippen LogP contribution in [0, 0.1) is 0 Å². The first kappa shape index (κ1) is 21.5. The summed E-state index contributed by atoms with van der Waals surface area (Å²) in [6.45, 7) is 9.38. The van der Waals surface area contributed by atoms with Gasteiger partial charge in [0, 0.05) is 5.54 Å². The van der Waals surface area contributed by atoms with E-state index in [-0.39, 0.29) is 11.4 Å². The minimum absolute atomic E-state index is 0.0615. The summed E-state index contributed by atoms with van der Waals surface area (Å²) in [5.74, 6) is 0.206. The molecule has 0 spiro atoms. The van der Waals surface area contributed by atoms with Crippen molar-refractivity contribution >= 4 is 5.91 Å². The molecule has 3 nitrogen and oxygen atoms in total. The monoisotopic (exact) mass is 338 g/mol. The van der Waals surface area contributed by atoms with Crippen LogP contribution in [0.15, 0.2) is 0 Å². The Balaban J connectivity index is 2.02. The lowest BCUT2D eigenvalue weighted by Crippen LogP contribution is -2.48. The molecule has 1 saturated heterocycles. The van der Waals surface area contributed by atoms with Gasteiger partial charge in [-0.2, -0.15) is 0 Å². The predicted molar refractivity (Wildman–Crippen MR) is 104 cm³/mol. The number of carbonyl (C=O) groups excluding carboxylic acids is 1. The Morgan fingerprint density at radius 3 is 2.00 bits per heavy atom. The lowest BCUT2D eigenvalue weighted by Gasteiger charge is -2.30. The summed E-state index contributed by atoms with van der Waals surface area (Å²) >= 11 is 0. The number of hydrogen-bond donors (Lipinski definition) is 1. The maximum Gasteiger partial charge on any atom is 0.234 e. The Bertz CT molecular complexity index is 322. The molecule has 0 aromatic rings. The van der Waals surface area contributed by atoms with Gasteiger partial charge in [0.05, 0.1) is 6.54 Å². The molecule has 1 N–H and O–H groups in total. The molecule has 1 aliphatic heterocycles. The van der Waals surface area contributed by atoms with Crippen molar-refractivity contribution in [2.45, 2.75) is 110 Å². The van der Waals surface area contributed by atoms with Gasteiger partial charge in [-0.3, -0.25) is 9.69 Å². The zero-order chi connectivity index (χ0) is 17.7.